The van der Waals surface area contributed by atoms with Crippen LogP contribution in [0.15, 0.2) is 53.4 Å². The number of nitrogens with zero attached hydrogens (tertiary/aromatic N) is 2. The molecule has 0 unspecified atom stereocenters. The van der Waals surface area contributed by atoms with Crippen molar-refractivity contribution in [3.63, 3.8) is 0 Å². The Hall–Kier alpha value is -2.62. The van der Waals surface area contributed by atoms with Crippen LogP contribution < -0.4 is 14.5 Å². The molecule has 0 spiro atoms. The summed E-state index contributed by atoms with van der Waals surface area (Å²) in [6.45, 7) is 0.550. The second kappa shape index (κ2) is 8.81. The predicted molar refractivity (Wildman–Crippen MR) is 110 cm³/mol. The van der Waals surface area contributed by atoms with Crippen molar-refractivity contribution in [3.8, 4) is 0 Å². The highest BCUT2D eigenvalue weighted by molar-refractivity contribution is 7.94. The molecule has 0 radical (unpaired) electrons. The molecule has 0 aliphatic carbocycles. The second-order valence-corrected chi connectivity index (χ2v) is 8.47. The van der Waals surface area contributed by atoms with Gasteiger partial charge < -0.3 is 10.1 Å². The Morgan fingerprint density at radius 2 is 1.93 bits per heavy atom. The molecule has 0 saturated heterocycles. The molecule has 1 N–H and O–H groups in total. The van der Waals surface area contributed by atoms with Crippen molar-refractivity contribution in [3.05, 3.63) is 53.6 Å². The number of halogens is 1. The molecule has 0 bridgehead atoms. The summed E-state index contributed by atoms with van der Waals surface area (Å²) in [5.74, 6) is -0.408. The third kappa shape index (κ3) is 4.36. The molecule has 8 nitrogen and oxygen atoms in total. The second-order valence-electron chi connectivity index (χ2n) is 6.28. The summed E-state index contributed by atoms with van der Waals surface area (Å²) in [7, 11) is -2.59. The van der Waals surface area contributed by atoms with Crippen LogP contribution in [0.4, 0.5) is 16.2 Å². The van der Waals surface area contributed by atoms with Crippen molar-refractivity contribution < 1.29 is 22.7 Å². The summed E-state index contributed by atoms with van der Waals surface area (Å²) < 4.78 is 31.8. The lowest BCUT2D eigenvalue weighted by molar-refractivity contribution is -0.119. The Balaban J connectivity index is 1.96. The fourth-order valence-corrected chi connectivity index (χ4v) is 4.73. The molecule has 10 heteroatoms. The normalized spacial score (nSPS) is 15.2. The van der Waals surface area contributed by atoms with Gasteiger partial charge in [0.1, 0.15) is 11.4 Å². The maximum absolute atomic E-state index is 13.2. The minimum atomic E-state index is -4.16. The highest BCUT2D eigenvalue weighted by atomic mass is 35.5. The van der Waals surface area contributed by atoms with E-state index in [1.54, 1.807) is 31.4 Å². The van der Waals surface area contributed by atoms with E-state index in [1.165, 1.54) is 24.3 Å². The standard InChI is InChI=1S/C19H20ClN3O5S/c1-28-11-5-10-21-18(24)13-22-16-8-2-3-9-17(16)29(26,27)23(19(22)25)15-7-4-6-14(20)12-15/h2-4,6-9,12H,5,10-11,13H2,1H3,(H,21,24). The molecule has 0 fully saturated rings. The quantitative estimate of drug-likeness (QED) is 0.672. The van der Waals surface area contributed by atoms with Crippen LogP contribution in [0.2, 0.25) is 5.02 Å². The number of urea groups is 1. The highest BCUT2D eigenvalue weighted by Gasteiger charge is 2.43. The van der Waals surface area contributed by atoms with Gasteiger partial charge in [-0.25, -0.2) is 13.2 Å². The van der Waals surface area contributed by atoms with E-state index in [-0.39, 0.29) is 27.8 Å². The Morgan fingerprint density at radius 3 is 2.66 bits per heavy atom. The van der Waals surface area contributed by atoms with Gasteiger partial charge >= 0.3 is 6.03 Å². The molecule has 3 rings (SSSR count). The van der Waals surface area contributed by atoms with Crippen molar-refractivity contribution in [1.82, 2.24) is 5.32 Å². The largest absolute Gasteiger partial charge is 0.385 e. The highest BCUT2D eigenvalue weighted by Crippen LogP contribution is 2.37. The van der Waals surface area contributed by atoms with E-state index in [1.807, 2.05) is 0 Å². The Morgan fingerprint density at radius 1 is 1.17 bits per heavy atom. The van der Waals surface area contributed by atoms with Crippen LogP contribution in [0.25, 0.3) is 0 Å². The molecule has 2 aromatic carbocycles. The number of carbonyl (C=O) groups is 2. The third-order valence-electron chi connectivity index (χ3n) is 4.27. The van der Waals surface area contributed by atoms with E-state index in [0.29, 0.717) is 23.9 Å². The van der Waals surface area contributed by atoms with Crippen molar-refractivity contribution >= 4 is 44.9 Å². The molecule has 0 aromatic heterocycles. The Bertz CT molecular complexity index is 1030. The number of para-hydroxylation sites is 1. The lowest BCUT2D eigenvalue weighted by Gasteiger charge is -2.35. The molecule has 29 heavy (non-hydrogen) atoms. The van der Waals surface area contributed by atoms with Crippen LogP contribution in [0, 0.1) is 0 Å². The molecular weight excluding hydrogens is 418 g/mol. The maximum Gasteiger partial charge on any atom is 0.343 e. The number of fused-ring (bicyclic) bond motifs is 1. The first-order valence-corrected chi connectivity index (χ1v) is 10.6. The fourth-order valence-electron chi connectivity index (χ4n) is 2.96. The maximum atomic E-state index is 13.2. The van der Waals surface area contributed by atoms with E-state index in [0.717, 1.165) is 4.90 Å². The molecule has 2 aromatic rings. The minimum absolute atomic E-state index is 0.0632. The van der Waals surface area contributed by atoms with Gasteiger partial charge in [-0.15, -0.1) is 0 Å². The van der Waals surface area contributed by atoms with Crippen LogP contribution in [-0.2, 0) is 19.6 Å². The van der Waals surface area contributed by atoms with Crippen molar-refractivity contribution in [2.45, 2.75) is 11.3 Å². The number of amides is 3. The Kier molecular flexibility index (Phi) is 6.41. The SMILES string of the molecule is COCCCNC(=O)CN1C(=O)N(c2cccc(Cl)c2)S(=O)(=O)c2ccccc21. The van der Waals surface area contributed by atoms with Gasteiger partial charge in [0.2, 0.25) is 5.91 Å². The van der Waals surface area contributed by atoms with Gasteiger partial charge in [-0.3, -0.25) is 9.69 Å². The molecular formula is C19H20ClN3O5S. The number of rotatable bonds is 7. The van der Waals surface area contributed by atoms with E-state index < -0.39 is 22.0 Å². The number of ether oxygens (including phenoxy) is 1. The fraction of sp³-hybridized carbons (Fsp3) is 0.263. The number of anilines is 2. The monoisotopic (exact) mass is 437 g/mol. The summed E-state index contributed by atoms with van der Waals surface area (Å²) in [4.78, 5) is 26.6. The summed E-state index contributed by atoms with van der Waals surface area (Å²) in [6, 6.07) is 11.2. The molecule has 1 heterocycles. The number of sulfonamides is 1. The first kappa shape index (κ1) is 21.1. The summed E-state index contributed by atoms with van der Waals surface area (Å²) in [5, 5.41) is 2.98. The van der Waals surface area contributed by atoms with Gasteiger partial charge in [0.05, 0.1) is 11.4 Å². The topological polar surface area (TPSA) is 96.0 Å². The molecule has 1 aliphatic heterocycles. The molecule has 0 saturated carbocycles. The van der Waals surface area contributed by atoms with Gasteiger partial charge in [-0.2, -0.15) is 4.31 Å². The number of hydrogen-bond donors (Lipinski definition) is 1. The molecule has 154 valence electrons. The van der Waals surface area contributed by atoms with Gasteiger partial charge in [0.25, 0.3) is 10.0 Å². The average molecular weight is 438 g/mol. The molecule has 3 amide bonds. The van der Waals surface area contributed by atoms with E-state index in [4.69, 9.17) is 16.3 Å². The third-order valence-corrected chi connectivity index (χ3v) is 6.25. The van der Waals surface area contributed by atoms with Crippen LogP contribution >= 0.6 is 11.6 Å². The first-order valence-electron chi connectivity index (χ1n) is 8.83. The summed E-state index contributed by atoms with van der Waals surface area (Å²) in [5.41, 5.74) is 0.255. The van der Waals surface area contributed by atoms with Crippen molar-refractivity contribution in [1.29, 1.82) is 0 Å². The minimum Gasteiger partial charge on any atom is -0.385 e. The van der Waals surface area contributed by atoms with E-state index >= 15 is 0 Å². The van der Waals surface area contributed by atoms with Gasteiger partial charge in [0, 0.05) is 25.3 Å². The number of methoxy groups -OCH3 is 1. The number of nitrogens with one attached hydrogen (secondary N) is 1. The van der Waals surface area contributed by atoms with Crippen LogP contribution in [-0.4, -0.2) is 47.2 Å². The van der Waals surface area contributed by atoms with Gasteiger partial charge in [0.15, 0.2) is 0 Å². The lowest BCUT2D eigenvalue weighted by Crippen LogP contribution is -2.53. The predicted octanol–water partition coefficient (Wildman–Crippen LogP) is 2.63. The van der Waals surface area contributed by atoms with Gasteiger partial charge in [-0.1, -0.05) is 29.8 Å². The lowest BCUT2D eigenvalue weighted by atomic mass is 10.2. The van der Waals surface area contributed by atoms with Crippen LogP contribution in [0.1, 0.15) is 6.42 Å². The zero-order valence-electron chi connectivity index (χ0n) is 15.7. The van der Waals surface area contributed by atoms with Crippen LogP contribution in [0.3, 0.4) is 0 Å². The molecule has 0 atom stereocenters. The van der Waals surface area contributed by atoms with Crippen LogP contribution in [0.5, 0.6) is 0 Å². The van der Waals surface area contributed by atoms with Crippen molar-refractivity contribution in [2.24, 2.45) is 0 Å². The van der Waals surface area contributed by atoms with Crippen molar-refractivity contribution in [2.75, 3.05) is 36.0 Å². The number of benzene rings is 2. The van der Waals surface area contributed by atoms with E-state index in [2.05, 4.69) is 5.32 Å². The molecule has 1 aliphatic rings. The summed E-state index contributed by atoms with van der Waals surface area (Å²) in [6.07, 6.45) is 0.621. The first-order chi connectivity index (χ1) is 13.9. The zero-order chi connectivity index (χ0) is 21.0. The number of carbonyl (C=O) groups excluding carboxylic acids is 2. The smallest absolute Gasteiger partial charge is 0.343 e. The van der Waals surface area contributed by atoms with E-state index in [9.17, 15) is 18.0 Å². The van der Waals surface area contributed by atoms with Gasteiger partial charge in [-0.05, 0) is 36.8 Å². The zero-order valence-corrected chi connectivity index (χ0v) is 17.2. The Labute approximate surface area is 174 Å². The average Bonchev–Trinajstić information content (AvgIpc) is 2.68. The summed E-state index contributed by atoms with van der Waals surface area (Å²) >= 11 is 5.99. The number of hydrogen-bond acceptors (Lipinski definition) is 5.